The topological polar surface area (TPSA) is 64.5 Å². The van der Waals surface area contributed by atoms with E-state index in [2.05, 4.69) is 23.1 Å². The molecule has 3 heterocycles. The zero-order valence-electron chi connectivity index (χ0n) is 17.8. The largest absolute Gasteiger partial charge is 0.496 e. The molecule has 1 fully saturated rings. The molecule has 2 aromatic carbocycles. The molecule has 158 valence electrons. The molecule has 5 nitrogen and oxygen atoms in total. The second-order valence-corrected chi connectivity index (χ2v) is 8.14. The Bertz CT molecular complexity index is 1180. The summed E-state index contributed by atoms with van der Waals surface area (Å²) in [7, 11) is 1.67. The van der Waals surface area contributed by atoms with Gasteiger partial charge in [-0.1, -0.05) is 36.4 Å². The summed E-state index contributed by atoms with van der Waals surface area (Å²) in [6.07, 6.45) is 6.28. The summed E-state index contributed by atoms with van der Waals surface area (Å²) in [6, 6.07) is 18.0. The summed E-state index contributed by atoms with van der Waals surface area (Å²) in [4.78, 5) is 7.16. The van der Waals surface area contributed by atoms with Gasteiger partial charge >= 0.3 is 0 Å². The van der Waals surface area contributed by atoms with Gasteiger partial charge in [-0.15, -0.1) is 0 Å². The molecular formula is C26H27N3O2. The van der Waals surface area contributed by atoms with E-state index in [0.717, 1.165) is 51.2 Å². The number of nitrogens with two attached hydrogens (primary N) is 1. The molecule has 2 N–H and O–H groups in total. The number of rotatable bonds is 6. The van der Waals surface area contributed by atoms with Gasteiger partial charge in [0, 0.05) is 34.6 Å². The van der Waals surface area contributed by atoms with E-state index in [4.69, 9.17) is 19.9 Å². The minimum atomic E-state index is -0.433. The zero-order chi connectivity index (χ0) is 21.2. The smallest absolute Gasteiger partial charge is 0.132 e. The molecule has 0 aliphatic carbocycles. The normalized spacial score (nSPS) is 15.4. The van der Waals surface area contributed by atoms with Crippen LogP contribution in [0.4, 0.5) is 0 Å². The molecule has 1 aliphatic heterocycles. The van der Waals surface area contributed by atoms with Gasteiger partial charge in [-0.2, -0.15) is 0 Å². The molecule has 1 atom stereocenters. The van der Waals surface area contributed by atoms with Crippen LogP contribution in [0.1, 0.15) is 35.9 Å². The van der Waals surface area contributed by atoms with Crippen LogP contribution in [0.2, 0.25) is 0 Å². The lowest BCUT2D eigenvalue weighted by atomic mass is 9.97. The second kappa shape index (κ2) is 8.53. The van der Waals surface area contributed by atoms with E-state index in [1.54, 1.807) is 13.4 Å². The third kappa shape index (κ3) is 3.94. The number of furan rings is 1. The van der Waals surface area contributed by atoms with Crippen molar-refractivity contribution in [3.8, 4) is 16.9 Å². The van der Waals surface area contributed by atoms with E-state index in [0.29, 0.717) is 0 Å². The molecule has 5 heteroatoms. The SMILES string of the molecule is COc1ccc(-c2ccc(CN3CCCC3)nc2)cc1C(N)c1occ2ccccc12. The average molecular weight is 414 g/mol. The Kier molecular flexibility index (Phi) is 5.45. The highest BCUT2D eigenvalue weighted by molar-refractivity contribution is 5.85. The first-order valence-corrected chi connectivity index (χ1v) is 10.8. The van der Waals surface area contributed by atoms with Crippen LogP contribution in [0.5, 0.6) is 5.75 Å². The van der Waals surface area contributed by atoms with Gasteiger partial charge in [-0.05, 0) is 49.7 Å². The molecular weight excluding hydrogens is 386 g/mol. The predicted octanol–water partition coefficient (Wildman–Crippen LogP) is 5.15. The minimum Gasteiger partial charge on any atom is -0.496 e. The Hall–Kier alpha value is -3.15. The molecule has 0 radical (unpaired) electrons. The lowest BCUT2D eigenvalue weighted by Crippen LogP contribution is -2.18. The van der Waals surface area contributed by atoms with Crippen molar-refractivity contribution < 1.29 is 9.15 Å². The number of nitrogens with zero attached hydrogens (tertiary/aromatic N) is 2. The number of pyridine rings is 1. The van der Waals surface area contributed by atoms with Gasteiger partial charge in [0.1, 0.15) is 11.5 Å². The fourth-order valence-corrected chi connectivity index (χ4v) is 4.41. The number of hydrogen-bond donors (Lipinski definition) is 1. The Balaban J connectivity index is 1.45. The Morgan fingerprint density at radius 2 is 1.87 bits per heavy atom. The van der Waals surface area contributed by atoms with E-state index in [1.165, 1.54) is 25.9 Å². The number of methoxy groups -OCH3 is 1. The molecule has 31 heavy (non-hydrogen) atoms. The number of ether oxygens (including phenoxy) is 1. The molecule has 0 saturated carbocycles. The molecule has 5 rings (SSSR count). The monoisotopic (exact) mass is 413 g/mol. The summed E-state index contributed by atoms with van der Waals surface area (Å²) < 4.78 is 11.5. The number of likely N-dealkylation sites (tertiary alicyclic amines) is 1. The van der Waals surface area contributed by atoms with Crippen LogP contribution in [-0.2, 0) is 6.54 Å². The molecule has 2 aromatic heterocycles. The first-order valence-electron chi connectivity index (χ1n) is 10.8. The van der Waals surface area contributed by atoms with Crippen molar-refractivity contribution >= 4 is 10.8 Å². The van der Waals surface area contributed by atoms with Crippen LogP contribution < -0.4 is 10.5 Å². The number of benzene rings is 2. The van der Waals surface area contributed by atoms with E-state index in [1.807, 2.05) is 42.6 Å². The highest BCUT2D eigenvalue weighted by Gasteiger charge is 2.21. The Morgan fingerprint density at radius 3 is 2.65 bits per heavy atom. The summed E-state index contributed by atoms with van der Waals surface area (Å²) in [5.41, 5.74) is 10.8. The molecule has 1 unspecified atom stereocenters. The number of fused-ring (bicyclic) bond motifs is 1. The van der Waals surface area contributed by atoms with Gasteiger partial charge in [0.05, 0.1) is 25.1 Å². The van der Waals surface area contributed by atoms with Crippen molar-refractivity contribution in [3.63, 3.8) is 0 Å². The maximum atomic E-state index is 6.67. The van der Waals surface area contributed by atoms with E-state index >= 15 is 0 Å². The summed E-state index contributed by atoms with van der Waals surface area (Å²) in [6.45, 7) is 3.26. The second-order valence-electron chi connectivity index (χ2n) is 8.14. The van der Waals surface area contributed by atoms with Gasteiger partial charge in [0.15, 0.2) is 0 Å². The van der Waals surface area contributed by atoms with Gasteiger partial charge in [-0.25, -0.2) is 0 Å². The van der Waals surface area contributed by atoms with E-state index in [9.17, 15) is 0 Å². The highest BCUT2D eigenvalue weighted by atomic mass is 16.5. The molecule has 0 bridgehead atoms. The summed E-state index contributed by atoms with van der Waals surface area (Å²) in [5.74, 6) is 1.49. The average Bonchev–Trinajstić information content (AvgIpc) is 3.48. The van der Waals surface area contributed by atoms with Crippen LogP contribution in [0.25, 0.3) is 21.9 Å². The first-order chi connectivity index (χ1) is 15.2. The number of hydrogen-bond acceptors (Lipinski definition) is 5. The van der Waals surface area contributed by atoms with Crippen molar-refractivity contribution in [3.05, 3.63) is 84.1 Å². The lowest BCUT2D eigenvalue weighted by molar-refractivity contribution is 0.327. The maximum Gasteiger partial charge on any atom is 0.132 e. The predicted molar refractivity (Wildman–Crippen MR) is 123 cm³/mol. The van der Waals surface area contributed by atoms with Gasteiger partial charge in [-0.3, -0.25) is 9.88 Å². The van der Waals surface area contributed by atoms with Crippen LogP contribution in [0.3, 0.4) is 0 Å². The summed E-state index contributed by atoms with van der Waals surface area (Å²) in [5, 5.41) is 2.07. The fourth-order valence-electron chi connectivity index (χ4n) is 4.41. The number of aromatic nitrogens is 1. The third-order valence-corrected chi connectivity index (χ3v) is 6.13. The minimum absolute atomic E-state index is 0.433. The van der Waals surface area contributed by atoms with Crippen molar-refractivity contribution in [2.75, 3.05) is 20.2 Å². The van der Waals surface area contributed by atoms with Gasteiger partial charge in [0.25, 0.3) is 0 Å². The standard InChI is InChI=1S/C26H27N3O2/c1-30-24-11-9-18(19-8-10-21(28-15-19)16-29-12-4-5-13-29)14-23(24)25(27)26-22-7-3-2-6-20(22)17-31-26/h2-3,6-11,14-15,17,25H,4-5,12-13,16,27H2,1H3. The van der Waals surface area contributed by atoms with Gasteiger partial charge in [0.2, 0.25) is 0 Å². The Labute approximate surface area is 182 Å². The van der Waals surface area contributed by atoms with Crippen LogP contribution in [0, 0.1) is 0 Å². The van der Waals surface area contributed by atoms with Crippen molar-refractivity contribution in [2.45, 2.75) is 25.4 Å². The zero-order valence-corrected chi connectivity index (χ0v) is 17.8. The van der Waals surface area contributed by atoms with Crippen LogP contribution in [0.15, 0.2) is 71.5 Å². The van der Waals surface area contributed by atoms with E-state index < -0.39 is 6.04 Å². The molecule has 1 saturated heterocycles. The quantitative estimate of drug-likeness (QED) is 0.474. The fraction of sp³-hybridized carbons (Fsp3) is 0.269. The van der Waals surface area contributed by atoms with Crippen LogP contribution >= 0.6 is 0 Å². The molecule has 4 aromatic rings. The first kappa shape index (κ1) is 19.8. The van der Waals surface area contributed by atoms with Crippen molar-refractivity contribution in [1.29, 1.82) is 0 Å². The maximum absolute atomic E-state index is 6.67. The van der Waals surface area contributed by atoms with Crippen molar-refractivity contribution in [1.82, 2.24) is 9.88 Å². The molecule has 0 spiro atoms. The van der Waals surface area contributed by atoms with Crippen molar-refractivity contribution in [2.24, 2.45) is 5.73 Å². The summed E-state index contributed by atoms with van der Waals surface area (Å²) >= 11 is 0. The van der Waals surface area contributed by atoms with Crippen LogP contribution in [-0.4, -0.2) is 30.1 Å². The lowest BCUT2D eigenvalue weighted by Gasteiger charge is -2.17. The van der Waals surface area contributed by atoms with Gasteiger partial charge < -0.3 is 14.9 Å². The molecule has 0 amide bonds. The Morgan fingerprint density at radius 1 is 1.06 bits per heavy atom. The third-order valence-electron chi connectivity index (χ3n) is 6.13. The van der Waals surface area contributed by atoms with E-state index in [-0.39, 0.29) is 0 Å². The molecule has 1 aliphatic rings. The highest BCUT2D eigenvalue weighted by Crippen LogP contribution is 2.36.